The Morgan fingerprint density at radius 1 is 1.30 bits per heavy atom. The van der Waals surface area contributed by atoms with Crippen LogP contribution in [0.25, 0.3) is 0 Å². The van der Waals surface area contributed by atoms with E-state index in [4.69, 9.17) is 11.6 Å². The molecule has 2 N–H and O–H groups in total. The highest BCUT2D eigenvalue weighted by Gasteiger charge is 2.00. The number of nitrogens with zero attached hydrogens (tertiary/aromatic N) is 3. The van der Waals surface area contributed by atoms with Crippen molar-refractivity contribution in [2.45, 2.75) is 26.8 Å². The van der Waals surface area contributed by atoms with Crippen molar-refractivity contribution in [2.75, 3.05) is 19.6 Å². The van der Waals surface area contributed by atoms with Crippen LogP contribution in [0, 0.1) is 6.92 Å². The molecule has 1 aromatic heterocycles. The van der Waals surface area contributed by atoms with E-state index in [9.17, 15) is 0 Å². The predicted molar refractivity (Wildman–Crippen MR) is 96.1 cm³/mol. The molecule has 0 saturated carbocycles. The molecule has 5 nitrogen and oxygen atoms in total. The van der Waals surface area contributed by atoms with Crippen LogP contribution in [0.1, 0.15) is 18.1 Å². The number of nitrogens with one attached hydrogen (secondary N) is 2. The smallest absolute Gasteiger partial charge is 0.191 e. The van der Waals surface area contributed by atoms with Crippen LogP contribution in [0.5, 0.6) is 0 Å². The van der Waals surface area contributed by atoms with Crippen molar-refractivity contribution in [3.63, 3.8) is 0 Å². The van der Waals surface area contributed by atoms with E-state index in [0.29, 0.717) is 6.54 Å². The normalized spacial score (nSPS) is 11.5. The molecule has 0 unspecified atom stereocenters. The molecule has 23 heavy (non-hydrogen) atoms. The van der Waals surface area contributed by atoms with Gasteiger partial charge in [0.25, 0.3) is 0 Å². The van der Waals surface area contributed by atoms with Crippen LogP contribution in [0.4, 0.5) is 0 Å². The molecule has 0 spiro atoms. The number of guanidine groups is 1. The van der Waals surface area contributed by atoms with Gasteiger partial charge in [-0.3, -0.25) is 9.67 Å². The molecule has 6 heteroatoms. The molecule has 1 heterocycles. The summed E-state index contributed by atoms with van der Waals surface area (Å²) in [5, 5.41) is 11.6. The van der Waals surface area contributed by atoms with Gasteiger partial charge in [-0.2, -0.15) is 5.10 Å². The van der Waals surface area contributed by atoms with Gasteiger partial charge in [-0.1, -0.05) is 29.8 Å². The molecule has 124 valence electrons. The summed E-state index contributed by atoms with van der Waals surface area (Å²) in [6.07, 6.45) is 4.72. The van der Waals surface area contributed by atoms with E-state index in [-0.39, 0.29) is 0 Å². The lowest BCUT2D eigenvalue weighted by molar-refractivity contribution is 0.597. The van der Waals surface area contributed by atoms with Crippen molar-refractivity contribution < 1.29 is 0 Å². The lowest BCUT2D eigenvalue weighted by atomic mass is 10.1. The van der Waals surface area contributed by atoms with Crippen molar-refractivity contribution >= 4 is 17.6 Å². The number of aryl methyl sites for hydroxylation is 1. The van der Waals surface area contributed by atoms with E-state index in [1.807, 2.05) is 48.3 Å². The van der Waals surface area contributed by atoms with Gasteiger partial charge in [0.15, 0.2) is 5.96 Å². The molecule has 2 aromatic rings. The maximum atomic E-state index is 6.16. The molecular formula is C17H24ClN5. The minimum atomic E-state index is 0.694. The van der Waals surface area contributed by atoms with E-state index in [2.05, 4.69) is 27.6 Å². The number of rotatable bonds is 7. The van der Waals surface area contributed by atoms with Crippen LogP contribution in [0.15, 0.2) is 41.7 Å². The van der Waals surface area contributed by atoms with Gasteiger partial charge >= 0.3 is 0 Å². The van der Waals surface area contributed by atoms with Gasteiger partial charge in [-0.05, 0) is 37.5 Å². The number of hydrogen-bond donors (Lipinski definition) is 2. The average Bonchev–Trinajstić information content (AvgIpc) is 2.94. The van der Waals surface area contributed by atoms with E-state index >= 15 is 0 Å². The maximum Gasteiger partial charge on any atom is 0.191 e. The minimum Gasteiger partial charge on any atom is -0.357 e. The van der Waals surface area contributed by atoms with E-state index < -0.39 is 0 Å². The van der Waals surface area contributed by atoms with Crippen LogP contribution < -0.4 is 10.6 Å². The van der Waals surface area contributed by atoms with E-state index in [1.165, 1.54) is 5.56 Å². The fraction of sp³-hybridized carbons (Fsp3) is 0.412. The Hall–Kier alpha value is -2.01. The van der Waals surface area contributed by atoms with Crippen molar-refractivity contribution in [3.8, 4) is 0 Å². The molecule has 1 aromatic carbocycles. The first-order chi connectivity index (χ1) is 11.2. The molecule has 0 aliphatic carbocycles. The topological polar surface area (TPSA) is 54.2 Å². The summed E-state index contributed by atoms with van der Waals surface area (Å²) in [4.78, 5) is 4.59. The van der Waals surface area contributed by atoms with Gasteiger partial charge in [-0.15, -0.1) is 0 Å². The molecule has 0 aliphatic rings. The first-order valence-electron chi connectivity index (χ1n) is 7.93. The van der Waals surface area contributed by atoms with Gasteiger partial charge in [0.1, 0.15) is 0 Å². The average molecular weight is 334 g/mol. The second kappa shape index (κ2) is 9.20. The number of aromatic nitrogens is 2. The highest BCUT2D eigenvalue weighted by atomic mass is 35.5. The largest absolute Gasteiger partial charge is 0.357 e. The second-order valence-electron chi connectivity index (χ2n) is 5.31. The van der Waals surface area contributed by atoms with Crippen LogP contribution in [-0.2, 0) is 13.0 Å². The quantitative estimate of drug-likeness (QED) is 0.605. The molecule has 0 saturated heterocycles. The Morgan fingerprint density at radius 3 is 2.83 bits per heavy atom. The standard InChI is InChI=1S/C17H24ClN5/c1-3-19-17(21-10-11-23-13-14(2)12-22-23)20-9-8-15-6-4-5-7-16(15)18/h4-7,12-13H,3,8-11H2,1-2H3,(H2,19,20,21). The first-order valence-corrected chi connectivity index (χ1v) is 8.31. The van der Waals surface area contributed by atoms with Crippen LogP contribution in [0.3, 0.4) is 0 Å². The first kappa shape index (κ1) is 17.3. The summed E-state index contributed by atoms with van der Waals surface area (Å²) in [7, 11) is 0. The molecule has 0 bridgehead atoms. The lowest BCUT2D eigenvalue weighted by Crippen LogP contribution is -2.39. The maximum absolute atomic E-state index is 6.16. The highest BCUT2D eigenvalue weighted by Crippen LogP contribution is 2.15. The Labute approximate surface area is 142 Å². The number of benzene rings is 1. The van der Waals surface area contributed by atoms with Crippen molar-refractivity contribution in [2.24, 2.45) is 4.99 Å². The Bertz CT molecular complexity index is 635. The monoisotopic (exact) mass is 333 g/mol. The van der Waals surface area contributed by atoms with Crippen LogP contribution in [0.2, 0.25) is 5.02 Å². The number of hydrogen-bond acceptors (Lipinski definition) is 2. The number of aliphatic imine (C=N–C) groups is 1. The van der Waals surface area contributed by atoms with E-state index in [1.54, 1.807) is 0 Å². The number of halogens is 1. The second-order valence-corrected chi connectivity index (χ2v) is 5.72. The molecule has 0 aliphatic heterocycles. The minimum absolute atomic E-state index is 0.694. The fourth-order valence-electron chi connectivity index (χ4n) is 2.21. The van der Waals surface area contributed by atoms with Crippen LogP contribution in [-0.4, -0.2) is 35.4 Å². The Balaban J connectivity index is 1.81. The lowest BCUT2D eigenvalue weighted by Gasteiger charge is -2.11. The Morgan fingerprint density at radius 2 is 2.13 bits per heavy atom. The summed E-state index contributed by atoms with van der Waals surface area (Å²) >= 11 is 6.16. The Kier molecular flexibility index (Phi) is 6.94. The zero-order valence-corrected chi connectivity index (χ0v) is 14.5. The molecular weight excluding hydrogens is 310 g/mol. The van der Waals surface area contributed by atoms with E-state index in [0.717, 1.165) is 42.6 Å². The molecule has 0 fully saturated rings. The zero-order chi connectivity index (χ0) is 16.5. The zero-order valence-electron chi connectivity index (χ0n) is 13.7. The van der Waals surface area contributed by atoms with Crippen LogP contribution >= 0.6 is 11.6 Å². The molecule has 0 amide bonds. The van der Waals surface area contributed by atoms with Crippen molar-refractivity contribution in [3.05, 3.63) is 52.8 Å². The third-order valence-electron chi connectivity index (χ3n) is 3.35. The van der Waals surface area contributed by atoms with Gasteiger partial charge in [0.2, 0.25) is 0 Å². The summed E-state index contributed by atoms with van der Waals surface area (Å²) in [5.74, 6) is 0.823. The molecule has 2 rings (SSSR count). The summed E-state index contributed by atoms with van der Waals surface area (Å²) in [6, 6.07) is 7.90. The molecule has 0 atom stereocenters. The third kappa shape index (κ3) is 5.94. The SMILES string of the molecule is CCNC(=NCCc1ccccc1Cl)NCCn1cc(C)cn1. The third-order valence-corrected chi connectivity index (χ3v) is 3.72. The molecule has 0 radical (unpaired) electrons. The van der Waals surface area contributed by atoms with Gasteiger partial charge < -0.3 is 10.6 Å². The highest BCUT2D eigenvalue weighted by molar-refractivity contribution is 6.31. The predicted octanol–water partition coefficient (Wildman–Crippen LogP) is 2.64. The van der Waals surface area contributed by atoms with Crippen molar-refractivity contribution in [1.29, 1.82) is 0 Å². The van der Waals surface area contributed by atoms with Gasteiger partial charge in [-0.25, -0.2) is 0 Å². The summed E-state index contributed by atoms with van der Waals surface area (Å²) in [6.45, 7) is 7.21. The van der Waals surface area contributed by atoms with Crippen molar-refractivity contribution in [1.82, 2.24) is 20.4 Å². The summed E-state index contributed by atoms with van der Waals surface area (Å²) < 4.78 is 1.93. The summed E-state index contributed by atoms with van der Waals surface area (Å²) in [5.41, 5.74) is 2.30. The van der Waals surface area contributed by atoms with Gasteiger partial charge in [0.05, 0.1) is 12.7 Å². The van der Waals surface area contributed by atoms with Gasteiger partial charge in [0, 0.05) is 30.9 Å². The fourth-order valence-corrected chi connectivity index (χ4v) is 2.44.